The van der Waals surface area contributed by atoms with Crippen LogP contribution in [0.3, 0.4) is 0 Å². The zero-order valence-corrected chi connectivity index (χ0v) is 11.6. The van der Waals surface area contributed by atoms with Crippen molar-refractivity contribution < 1.29 is 23.7 Å². The standard InChI is InChI=1S/C13H19NO5/c1-16-10-7-5-6-9(12(10)19-4)13(15)14-8-11(17-2)18-3/h5-7,11H,8H2,1-4H3,(H,14,15). The summed E-state index contributed by atoms with van der Waals surface area (Å²) in [5.41, 5.74) is 0.396. The fourth-order valence-electron chi connectivity index (χ4n) is 1.60. The molecule has 0 saturated carbocycles. The molecule has 0 radical (unpaired) electrons. The summed E-state index contributed by atoms with van der Waals surface area (Å²) in [5, 5.41) is 2.70. The molecule has 0 aliphatic rings. The molecule has 19 heavy (non-hydrogen) atoms. The molecule has 106 valence electrons. The summed E-state index contributed by atoms with van der Waals surface area (Å²) in [6.45, 7) is 0.242. The predicted molar refractivity (Wildman–Crippen MR) is 69.7 cm³/mol. The fourth-order valence-corrected chi connectivity index (χ4v) is 1.60. The number of benzene rings is 1. The number of para-hydroxylation sites is 1. The van der Waals surface area contributed by atoms with E-state index in [2.05, 4.69) is 5.32 Å². The second kappa shape index (κ2) is 7.60. The molecular weight excluding hydrogens is 250 g/mol. The van der Waals surface area contributed by atoms with Gasteiger partial charge in [-0.15, -0.1) is 0 Å². The Morgan fingerprint density at radius 2 is 1.84 bits per heavy atom. The highest BCUT2D eigenvalue weighted by atomic mass is 16.7. The first kappa shape index (κ1) is 15.3. The fraction of sp³-hybridized carbons (Fsp3) is 0.462. The maximum absolute atomic E-state index is 12.1. The van der Waals surface area contributed by atoms with Gasteiger partial charge in [-0.1, -0.05) is 6.07 Å². The average molecular weight is 269 g/mol. The highest BCUT2D eigenvalue weighted by molar-refractivity contribution is 5.97. The lowest BCUT2D eigenvalue weighted by atomic mass is 10.1. The van der Waals surface area contributed by atoms with Crippen molar-refractivity contribution in [1.29, 1.82) is 0 Å². The second-order valence-corrected chi connectivity index (χ2v) is 3.65. The minimum Gasteiger partial charge on any atom is -0.493 e. The zero-order valence-electron chi connectivity index (χ0n) is 11.6. The van der Waals surface area contributed by atoms with Gasteiger partial charge in [0.15, 0.2) is 17.8 Å². The SMILES string of the molecule is COc1cccc(C(=O)NCC(OC)OC)c1OC. The molecule has 1 rings (SSSR count). The van der Waals surface area contributed by atoms with Gasteiger partial charge in [-0.25, -0.2) is 0 Å². The molecule has 0 bridgehead atoms. The van der Waals surface area contributed by atoms with Crippen LogP contribution >= 0.6 is 0 Å². The van der Waals surface area contributed by atoms with Crippen LogP contribution in [0.25, 0.3) is 0 Å². The Bertz CT molecular complexity index is 417. The van der Waals surface area contributed by atoms with Gasteiger partial charge < -0.3 is 24.3 Å². The molecule has 0 spiro atoms. The molecule has 0 fully saturated rings. The molecule has 0 aliphatic heterocycles. The normalized spacial score (nSPS) is 10.4. The van der Waals surface area contributed by atoms with E-state index in [1.165, 1.54) is 28.4 Å². The van der Waals surface area contributed by atoms with Crippen molar-refractivity contribution in [2.24, 2.45) is 0 Å². The minimum absolute atomic E-state index is 0.242. The van der Waals surface area contributed by atoms with Crippen molar-refractivity contribution >= 4 is 5.91 Å². The molecule has 1 aromatic rings. The lowest BCUT2D eigenvalue weighted by Crippen LogP contribution is -2.34. The zero-order chi connectivity index (χ0) is 14.3. The molecule has 6 heteroatoms. The van der Waals surface area contributed by atoms with E-state index >= 15 is 0 Å². The minimum atomic E-state index is -0.486. The van der Waals surface area contributed by atoms with Crippen molar-refractivity contribution in [3.8, 4) is 11.5 Å². The average Bonchev–Trinajstić information content (AvgIpc) is 2.46. The number of carbonyl (C=O) groups excluding carboxylic acids is 1. The molecule has 6 nitrogen and oxygen atoms in total. The monoisotopic (exact) mass is 269 g/mol. The number of ether oxygens (including phenoxy) is 4. The van der Waals surface area contributed by atoms with Crippen molar-refractivity contribution in [3.05, 3.63) is 23.8 Å². The van der Waals surface area contributed by atoms with Gasteiger partial charge in [0.05, 0.1) is 26.3 Å². The number of hydrogen-bond donors (Lipinski definition) is 1. The van der Waals surface area contributed by atoms with Crippen molar-refractivity contribution in [1.82, 2.24) is 5.32 Å². The molecule has 0 heterocycles. The molecular formula is C13H19NO5. The Balaban J connectivity index is 2.82. The van der Waals surface area contributed by atoms with E-state index in [1.807, 2.05) is 0 Å². The number of nitrogens with one attached hydrogen (secondary N) is 1. The first-order chi connectivity index (χ1) is 9.17. The Hall–Kier alpha value is -1.79. The van der Waals surface area contributed by atoms with Crippen LogP contribution in [0.4, 0.5) is 0 Å². The highest BCUT2D eigenvalue weighted by Crippen LogP contribution is 2.30. The van der Waals surface area contributed by atoms with Gasteiger partial charge in [0.1, 0.15) is 0 Å². The maximum Gasteiger partial charge on any atom is 0.255 e. The van der Waals surface area contributed by atoms with Crippen LogP contribution < -0.4 is 14.8 Å². The van der Waals surface area contributed by atoms with Gasteiger partial charge in [0.25, 0.3) is 5.91 Å². The number of rotatable bonds is 7. The number of hydrogen-bond acceptors (Lipinski definition) is 5. The molecule has 0 atom stereocenters. The first-order valence-corrected chi connectivity index (χ1v) is 5.72. The van der Waals surface area contributed by atoms with Crippen molar-refractivity contribution in [2.75, 3.05) is 35.0 Å². The van der Waals surface area contributed by atoms with Gasteiger partial charge in [-0.05, 0) is 12.1 Å². The Labute approximate surface area is 112 Å². The molecule has 1 N–H and O–H groups in total. The Morgan fingerprint density at radius 3 is 2.37 bits per heavy atom. The van der Waals surface area contributed by atoms with Crippen LogP contribution in [-0.4, -0.2) is 47.2 Å². The number of amides is 1. The highest BCUT2D eigenvalue weighted by Gasteiger charge is 2.17. The summed E-state index contributed by atoms with van der Waals surface area (Å²) in [7, 11) is 6.02. The van der Waals surface area contributed by atoms with Crippen LogP contribution in [0.15, 0.2) is 18.2 Å². The first-order valence-electron chi connectivity index (χ1n) is 5.72. The summed E-state index contributed by atoms with van der Waals surface area (Å²) < 4.78 is 20.3. The third kappa shape index (κ3) is 3.84. The summed E-state index contributed by atoms with van der Waals surface area (Å²) >= 11 is 0. The van der Waals surface area contributed by atoms with Crippen molar-refractivity contribution in [3.63, 3.8) is 0 Å². The quantitative estimate of drug-likeness (QED) is 0.750. The van der Waals surface area contributed by atoms with Gasteiger partial charge in [-0.2, -0.15) is 0 Å². The Morgan fingerprint density at radius 1 is 1.16 bits per heavy atom. The molecule has 0 saturated heterocycles. The van der Waals surface area contributed by atoms with E-state index in [0.717, 1.165) is 0 Å². The van der Waals surface area contributed by atoms with Crippen LogP contribution in [0.1, 0.15) is 10.4 Å². The molecule has 0 aromatic heterocycles. The molecule has 1 amide bonds. The van der Waals surface area contributed by atoms with E-state index in [4.69, 9.17) is 18.9 Å². The summed E-state index contributed by atoms with van der Waals surface area (Å²) in [6, 6.07) is 5.11. The van der Waals surface area contributed by atoms with Crippen LogP contribution in [0.2, 0.25) is 0 Å². The van der Waals surface area contributed by atoms with E-state index in [0.29, 0.717) is 17.1 Å². The third-order valence-corrected chi connectivity index (χ3v) is 2.60. The van der Waals surface area contributed by atoms with Gasteiger partial charge in [0.2, 0.25) is 0 Å². The lowest BCUT2D eigenvalue weighted by molar-refractivity contribution is -0.0974. The maximum atomic E-state index is 12.1. The van der Waals surface area contributed by atoms with Crippen molar-refractivity contribution in [2.45, 2.75) is 6.29 Å². The summed E-state index contributed by atoms with van der Waals surface area (Å²) in [6.07, 6.45) is -0.486. The van der Waals surface area contributed by atoms with Crippen LogP contribution in [0.5, 0.6) is 11.5 Å². The van der Waals surface area contributed by atoms with Gasteiger partial charge >= 0.3 is 0 Å². The smallest absolute Gasteiger partial charge is 0.255 e. The third-order valence-electron chi connectivity index (χ3n) is 2.60. The number of methoxy groups -OCH3 is 4. The van der Waals surface area contributed by atoms with E-state index in [-0.39, 0.29) is 12.5 Å². The topological polar surface area (TPSA) is 66.0 Å². The van der Waals surface area contributed by atoms with Crippen LogP contribution in [-0.2, 0) is 9.47 Å². The summed E-state index contributed by atoms with van der Waals surface area (Å²) in [5.74, 6) is 0.619. The van der Waals surface area contributed by atoms with Crippen LogP contribution in [0, 0.1) is 0 Å². The summed E-state index contributed by atoms with van der Waals surface area (Å²) in [4.78, 5) is 12.1. The Kier molecular flexibility index (Phi) is 6.11. The predicted octanol–water partition coefficient (Wildman–Crippen LogP) is 1.05. The van der Waals surface area contributed by atoms with E-state index in [1.54, 1.807) is 18.2 Å². The van der Waals surface area contributed by atoms with Gasteiger partial charge in [-0.3, -0.25) is 4.79 Å². The van der Waals surface area contributed by atoms with E-state index < -0.39 is 6.29 Å². The number of carbonyl (C=O) groups is 1. The van der Waals surface area contributed by atoms with Gasteiger partial charge in [0, 0.05) is 14.2 Å². The van der Waals surface area contributed by atoms with E-state index in [9.17, 15) is 4.79 Å². The molecule has 1 aromatic carbocycles. The molecule has 0 aliphatic carbocycles. The largest absolute Gasteiger partial charge is 0.493 e. The molecule has 0 unspecified atom stereocenters. The lowest BCUT2D eigenvalue weighted by Gasteiger charge is -2.16. The second-order valence-electron chi connectivity index (χ2n) is 3.65.